The van der Waals surface area contributed by atoms with Crippen LogP contribution in [0.25, 0.3) is 0 Å². The molecule has 0 aromatic rings. The lowest BCUT2D eigenvalue weighted by atomic mass is 10.5. The van der Waals surface area contributed by atoms with Gasteiger partial charge in [0, 0.05) is 0 Å². The van der Waals surface area contributed by atoms with Crippen molar-refractivity contribution in [3.05, 3.63) is 6.42 Å². The molecule has 0 fully saturated rings. The van der Waals surface area contributed by atoms with Crippen molar-refractivity contribution >= 4 is 57.7 Å². The topological polar surface area (TPSA) is 336 Å². The van der Waals surface area contributed by atoms with Gasteiger partial charge in [-0.05, 0) is 0 Å². The van der Waals surface area contributed by atoms with Gasteiger partial charge >= 0.3 is 5.97 Å². The minimum atomic E-state index is -0.870. The molecular formula is C11H21O18. The molecule has 0 atom stereocenters. The molecule has 0 aliphatic carbocycles. The van der Waals surface area contributed by atoms with E-state index in [0.717, 1.165) is 6.42 Å². The van der Waals surface area contributed by atoms with Gasteiger partial charge in [0.05, 0.1) is 6.42 Å². The van der Waals surface area contributed by atoms with Gasteiger partial charge in [-0.15, -0.1) is 0 Å². The molecule has 0 heterocycles. The predicted octanol–water partition coefficient (Wildman–Crippen LogP) is -2.10. The molecule has 18 nitrogen and oxygen atoms in total. The molecule has 0 amide bonds. The lowest BCUT2D eigenvalue weighted by Crippen LogP contribution is -1.88. The first-order chi connectivity index (χ1) is 13.6. The van der Waals surface area contributed by atoms with E-state index in [0.29, 0.717) is 0 Å². The minimum Gasteiger partial charge on any atom is -0.483 e. The summed E-state index contributed by atoms with van der Waals surface area (Å²) < 4.78 is 0. The van der Waals surface area contributed by atoms with E-state index in [2.05, 4.69) is 0 Å². The zero-order chi connectivity index (χ0) is 25.9. The van der Waals surface area contributed by atoms with E-state index in [4.69, 9.17) is 84.3 Å². The van der Waals surface area contributed by atoms with Gasteiger partial charge in [0.15, 0.2) is 0 Å². The summed E-state index contributed by atoms with van der Waals surface area (Å²) in [4.78, 5) is 76.2. The van der Waals surface area contributed by atoms with Crippen LogP contribution >= 0.6 is 0 Å². The molecule has 29 heavy (non-hydrogen) atoms. The van der Waals surface area contributed by atoms with Crippen LogP contribution in [0.2, 0.25) is 0 Å². The number of carboxylic acids is 1. The lowest BCUT2D eigenvalue weighted by Gasteiger charge is -1.71. The molecule has 1 radical (unpaired) electrons. The first-order valence-electron chi connectivity index (χ1n) is 5.24. The third kappa shape index (κ3) is 1360. The number of carbonyl (C=O) groups is 9. The fourth-order valence-corrected chi connectivity index (χ4v) is 0. The van der Waals surface area contributed by atoms with Crippen LogP contribution in [0.4, 0.5) is 0 Å². The molecule has 0 saturated carbocycles. The van der Waals surface area contributed by atoms with Crippen LogP contribution < -0.4 is 0 Å². The second kappa shape index (κ2) is 220. The first kappa shape index (κ1) is 56.4. The number of rotatable bonds is 1. The summed E-state index contributed by atoms with van der Waals surface area (Å²) in [6, 6.07) is 0. The lowest BCUT2D eigenvalue weighted by molar-refractivity contribution is -0.133. The van der Waals surface area contributed by atoms with Crippen molar-refractivity contribution in [2.45, 2.75) is 6.92 Å². The van der Waals surface area contributed by atoms with Gasteiger partial charge in [-0.1, -0.05) is 6.92 Å². The quantitative estimate of drug-likeness (QED) is 0.197. The molecule has 0 saturated heterocycles. The smallest absolute Gasteiger partial charge is 0.307 e. The largest absolute Gasteiger partial charge is 0.483 e. The van der Waals surface area contributed by atoms with Crippen LogP contribution in [0.3, 0.4) is 0 Å². The van der Waals surface area contributed by atoms with E-state index in [1.54, 1.807) is 0 Å². The summed E-state index contributed by atoms with van der Waals surface area (Å²) in [7, 11) is 0. The van der Waals surface area contributed by atoms with Crippen LogP contribution in [0.5, 0.6) is 0 Å². The van der Waals surface area contributed by atoms with Crippen LogP contribution in [-0.2, 0) is 43.2 Å². The van der Waals surface area contributed by atoms with Crippen LogP contribution in [0, 0.1) is 6.42 Å². The van der Waals surface area contributed by atoms with Crippen molar-refractivity contribution < 1.29 is 89.1 Å². The summed E-state index contributed by atoms with van der Waals surface area (Å²) in [6.07, 6.45) is 1.08. The normalized spacial score (nSPS) is 4.59. The SMILES string of the molecule is C[CH]C(=O)O.O=CO.O=CO.O=CO.O=CO.O=CO.O=CO.O=CO.O=CO. The van der Waals surface area contributed by atoms with Crippen LogP contribution in [0.15, 0.2) is 0 Å². The van der Waals surface area contributed by atoms with E-state index < -0.39 is 5.97 Å². The highest BCUT2D eigenvalue weighted by molar-refractivity contribution is 5.75. The van der Waals surface area contributed by atoms with E-state index in [-0.39, 0.29) is 51.8 Å². The van der Waals surface area contributed by atoms with Gasteiger partial charge in [0.25, 0.3) is 51.8 Å². The zero-order valence-corrected chi connectivity index (χ0v) is 14.4. The highest BCUT2D eigenvalue weighted by atomic mass is 16.4. The molecule has 0 aliphatic rings. The minimum absolute atomic E-state index is 0.250. The Morgan fingerprint density at radius 3 is 0.483 bits per heavy atom. The molecule has 0 rings (SSSR count). The van der Waals surface area contributed by atoms with Crippen molar-refractivity contribution in [3.63, 3.8) is 0 Å². The monoisotopic (exact) mass is 441 g/mol. The molecule has 18 heteroatoms. The third-order valence-electron chi connectivity index (χ3n) is 0.247. The Bertz CT molecular complexity index is 243. The Kier molecular flexibility index (Phi) is 427. The average molecular weight is 441 g/mol. The Hall–Kier alpha value is -4.77. The van der Waals surface area contributed by atoms with Gasteiger partial charge < -0.3 is 46.0 Å². The van der Waals surface area contributed by atoms with Gasteiger partial charge in [0.2, 0.25) is 0 Å². The fraction of sp³-hybridized carbons (Fsp3) is 0.0909. The predicted molar refractivity (Wildman–Crippen MR) is 87.2 cm³/mol. The maximum atomic E-state index is 9.31. The average Bonchev–Trinajstić information content (AvgIpc) is 2.60. The van der Waals surface area contributed by atoms with E-state index in [9.17, 15) is 4.79 Å². The molecule has 0 bridgehead atoms. The molecule has 0 aromatic carbocycles. The van der Waals surface area contributed by atoms with Gasteiger partial charge in [-0.25, -0.2) is 0 Å². The van der Waals surface area contributed by atoms with Crippen molar-refractivity contribution in [2.75, 3.05) is 0 Å². The molecule has 9 N–H and O–H groups in total. The highest BCUT2D eigenvalue weighted by Crippen LogP contribution is 1.64. The van der Waals surface area contributed by atoms with Crippen LogP contribution in [-0.4, -0.2) is 104 Å². The third-order valence-corrected chi connectivity index (χ3v) is 0.247. The Balaban J connectivity index is -0.0000000223. The fourth-order valence-electron chi connectivity index (χ4n) is 0. The van der Waals surface area contributed by atoms with Crippen LogP contribution in [0.1, 0.15) is 6.92 Å². The second-order valence-corrected chi connectivity index (χ2v) is 1.47. The van der Waals surface area contributed by atoms with Crippen molar-refractivity contribution in [1.82, 2.24) is 0 Å². The van der Waals surface area contributed by atoms with Gasteiger partial charge in [0.1, 0.15) is 0 Å². The number of hydrogen-bond acceptors (Lipinski definition) is 9. The van der Waals surface area contributed by atoms with Crippen molar-refractivity contribution in [2.24, 2.45) is 0 Å². The maximum absolute atomic E-state index is 9.31. The summed E-state index contributed by atoms with van der Waals surface area (Å²) in [5.41, 5.74) is 0. The standard InChI is InChI=1S/C3H5O2.8CH2O2/c1-2-3(4)5;8*2-1-3/h2H,1H3,(H,4,5);8*1H,(H,2,3). The Labute approximate surface area is 161 Å². The van der Waals surface area contributed by atoms with Crippen molar-refractivity contribution in [1.29, 1.82) is 0 Å². The van der Waals surface area contributed by atoms with E-state index >= 15 is 0 Å². The molecule has 173 valence electrons. The van der Waals surface area contributed by atoms with E-state index in [1.807, 2.05) is 0 Å². The Morgan fingerprint density at radius 1 is 0.448 bits per heavy atom. The van der Waals surface area contributed by atoms with Gasteiger partial charge in [-0.2, -0.15) is 0 Å². The Morgan fingerprint density at radius 2 is 0.483 bits per heavy atom. The number of hydrogen-bond donors (Lipinski definition) is 9. The molecule has 0 spiro atoms. The molecule has 0 unspecified atom stereocenters. The number of aliphatic carboxylic acids is 1. The number of carboxylic acid groups (broad SMARTS) is 9. The van der Waals surface area contributed by atoms with Gasteiger partial charge in [-0.3, -0.25) is 43.2 Å². The van der Waals surface area contributed by atoms with Crippen molar-refractivity contribution in [3.8, 4) is 0 Å². The summed E-state index contributed by atoms with van der Waals surface area (Å²) in [6.45, 7) is -0.525. The zero-order valence-electron chi connectivity index (χ0n) is 14.4. The maximum Gasteiger partial charge on any atom is 0.307 e. The highest BCUT2D eigenvalue weighted by Gasteiger charge is 1.81. The second-order valence-electron chi connectivity index (χ2n) is 1.47. The molecule has 0 aliphatic heterocycles. The molecule has 0 aromatic heterocycles. The summed E-state index contributed by atoms with van der Waals surface area (Å²) in [5.74, 6) is -0.870. The van der Waals surface area contributed by atoms with E-state index in [1.165, 1.54) is 6.92 Å². The first-order valence-corrected chi connectivity index (χ1v) is 5.24. The summed E-state index contributed by atoms with van der Waals surface area (Å²) in [5, 5.41) is 62.8. The molecular weight excluding hydrogens is 420 g/mol. The summed E-state index contributed by atoms with van der Waals surface area (Å²) >= 11 is 0.